The lowest BCUT2D eigenvalue weighted by atomic mass is 10.2. The zero-order valence-corrected chi connectivity index (χ0v) is 12.0. The summed E-state index contributed by atoms with van der Waals surface area (Å²) >= 11 is 0. The van der Waals surface area contributed by atoms with Gasteiger partial charge >= 0.3 is 5.69 Å². The van der Waals surface area contributed by atoms with Crippen molar-refractivity contribution in [1.29, 1.82) is 0 Å². The second-order valence-electron chi connectivity index (χ2n) is 5.23. The van der Waals surface area contributed by atoms with Gasteiger partial charge in [-0.05, 0) is 30.5 Å². The lowest BCUT2D eigenvalue weighted by Crippen LogP contribution is -2.28. The average Bonchev–Trinajstić information content (AvgIpc) is 2.84. The number of aromatic nitrogens is 3. The molecule has 112 valence electrons. The Morgan fingerprint density at radius 3 is 3.05 bits per heavy atom. The molecule has 0 unspecified atom stereocenters. The molecule has 21 heavy (non-hydrogen) atoms. The third-order valence-corrected chi connectivity index (χ3v) is 3.74. The molecule has 2 N–H and O–H groups in total. The molecule has 1 aliphatic heterocycles. The molecule has 0 radical (unpaired) electrons. The van der Waals surface area contributed by atoms with Crippen molar-refractivity contribution < 1.29 is 4.74 Å². The number of rotatable bonds is 5. The summed E-state index contributed by atoms with van der Waals surface area (Å²) in [4.78, 5) is 12.1. The molecular formula is C15H20N4O2. The van der Waals surface area contributed by atoms with Crippen molar-refractivity contribution >= 4 is 0 Å². The van der Waals surface area contributed by atoms with Crippen molar-refractivity contribution in [2.75, 3.05) is 6.61 Å². The molecule has 0 saturated carbocycles. The fourth-order valence-electron chi connectivity index (χ4n) is 2.61. The summed E-state index contributed by atoms with van der Waals surface area (Å²) in [5, 5.41) is 4.38. The number of fused-ring (bicyclic) bond motifs is 1. The van der Waals surface area contributed by atoms with Crippen molar-refractivity contribution in [2.24, 2.45) is 5.73 Å². The Bertz CT molecular complexity index is 675. The van der Waals surface area contributed by atoms with Crippen LogP contribution in [-0.2, 0) is 26.1 Å². The predicted molar refractivity (Wildman–Crippen MR) is 79.3 cm³/mol. The van der Waals surface area contributed by atoms with Gasteiger partial charge in [0.05, 0.1) is 6.54 Å². The van der Waals surface area contributed by atoms with Gasteiger partial charge in [-0.25, -0.2) is 9.48 Å². The molecule has 6 heteroatoms. The Kier molecular flexibility index (Phi) is 4.06. The Hall–Kier alpha value is -2.08. The van der Waals surface area contributed by atoms with E-state index >= 15 is 0 Å². The molecule has 0 amide bonds. The molecule has 6 nitrogen and oxygen atoms in total. The van der Waals surface area contributed by atoms with Gasteiger partial charge in [-0.1, -0.05) is 12.1 Å². The predicted octanol–water partition coefficient (Wildman–Crippen LogP) is 0.919. The standard InChI is InChI=1S/C15H20N4O2/c16-11-12-4-3-5-13(10-12)21-9-8-19-15(20)18-7-2-1-6-14(18)17-19/h3-5,10H,1-2,6-9,11,16H2. The van der Waals surface area contributed by atoms with Crippen LogP contribution in [0.1, 0.15) is 24.2 Å². The quantitative estimate of drug-likeness (QED) is 0.887. The topological polar surface area (TPSA) is 75.1 Å². The average molecular weight is 288 g/mol. The Labute approximate surface area is 123 Å². The smallest absolute Gasteiger partial charge is 0.346 e. The molecule has 0 bridgehead atoms. The summed E-state index contributed by atoms with van der Waals surface area (Å²) in [5.74, 6) is 1.67. The Balaban J connectivity index is 1.63. The van der Waals surface area contributed by atoms with Gasteiger partial charge in [0.1, 0.15) is 18.2 Å². The number of nitrogens with two attached hydrogens (primary N) is 1. The van der Waals surface area contributed by atoms with Gasteiger partial charge in [0.15, 0.2) is 0 Å². The molecule has 1 aromatic heterocycles. The highest BCUT2D eigenvalue weighted by Gasteiger charge is 2.16. The van der Waals surface area contributed by atoms with E-state index in [1.165, 1.54) is 4.68 Å². The largest absolute Gasteiger partial charge is 0.492 e. The van der Waals surface area contributed by atoms with E-state index in [0.717, 1.165) is 42.9 Å². The molecule has 3 rings (SSSR count). The summed E-state index contributed by atoms with van der Waals surface area (Å²) in [5.41, 5.74) is 6.61. The summed E-state index contributed by atoms with van der Waals surface area (Å²) in [6, 6.07) is 7.68. The van der Waals surface area contributed by atoms with Crippen molar-refractivity contribution in [3.63, 3.8) is 0 Å². The molecule has 0 atom stereocenters. The second kappa shape index (κ2) is 6.13. The van der Waals surface area contributed by atoms with Crippen molar-refractivity contribution in [3.05, 3.63) is 46.1 Å². The lowest BCUT2D eigenvalue weighted by molar-refractivity contribution is 0.288. The number of hydrogen-bond donors (Lipinski definition) is 1. The molecule has 0 spiro atoms. The molecule has 0 saturated heterocycles. The van der Waals surface area contributed by atoms with E-state index in [0.29, 0.717) is 19.7 Å². The Morgan fingerprint density at radius 2 is 2.24 bits per heavy atom. The zero-order chi connectivity index (χ0) is 14.7. The zero-order valence-electron chi connectivity index (χ0n) is 12.0. The van der Waals surface area contributed by atoms with Crippen LogP contribution in [-0.4, -0.2) is 21.0 Å². The molecule has 1 aromatic carbocycles. The van der Waals surface area contributed by atoms with E-state index in [1.54, 1.807) is 4.57 Å². The van der Waals surface area contributed by atoms with Gasteiger partial charge in [0, 0.05) is 19.5 Å². The number of aryl methyl sites for hydroxylation is 1. The molecule has 2 heterocycles. The van der Waals surface area contributed by atoms with Crippen molar-refractivity contribution in [2.45, 2.75) is 38.9 Å². The third kappa shape index (κ3) is 3.00. The second-order valence-corrected chi connectivity index (χ2v) is 5.23. The number of ether oxygens (including phenoxy) is 1. The molecule has 0 aliphatic carbocycles. The summed E-state index contributed by atoms with van der Waals surface area (Å²) < 4.78 is 8.96. The highest BCUT2D eigenvalue weighted by atomic mass is 16.5. The normalized spacial score (nSPS) is 14.0. The van der Waals surface area contributed by atoms with E-state index in [-0.39, 0.29) is 5.69 Å². The summed E-state index contributed by atoms with van der Waals surface area (Å²) in [6.45, 7) is 2.16. The van der Waals surface area contributed by atoms with Crippen LogP contribution in [0.4, 0.5) is 0 Å². The van der Waals surface area contributed by atoms with Gasteiger partial charge in [-0.15, -0.1) is 0 Å². The summed E-state index contributed by atoms with van der Waals surface area (Å²) in [7, 11) is 0. The van der Waals surface area contributed by atoms with Gasteiger partial charge in [-0.2, -0.15) is 5.10 Å². The first-order chi connectivity index (χ1) is 10.3. The molecular weight excluding hydrogens is 268 g/mol. The van der Waals surface area contributed by atoms with E-state index < -0.39 is 0 Å². The molecule has 2 aromatic rings. The highest BCUT2D eigenvalue weighted by molar-refractivity contribution is 5.28. The number of nitrogens with zero attached hydrogens (tertiary/aromatic N) is 3. The maximum atomic E-state index is 12.1. The van der Waals surface area contributed by atoms with Crippen LogP contribution >= 0.6 is 0 Å². The Morgan fingerprint density at radius 1 is 1.33 bits per heavy atom. The monoisotopic (exact) mass is 288 g/mol. The van der Waals surface area contributed by atoms with Gasteiger partial charge < -0.3 is 10.5 Å². The third-order valence-electron chi connectivity index (χ3n) is 3.74. The first kappa shape index (κ1) is 13.9. The van der Waals surface area contributed by atoms with Crippen LogP contribution in [0.25, 0.3) is 0 Å². The highest BCUT2D eigenvalue weighted by Crippen LogP contribution is 2.13. The van der Waals surface area contributed by atoms with Crippen LogP contribution in [0, 0.1) is 0 Å². The lowest BCUT2D eigenvalue weighted by Gasteiger charge is -2.09. The minimum atomic E-state index is -0.0241. The minimum absolute atomic E-state index is 0.0241. The van der Waals surface area contributed by atoms with Crippen LogP contribution < -0.4 is 16.2 Å². The molecule has 1 aliphatic rings. The fourth-order valence-corrected chi connectivity index (χ4v) is 2.61. The van der Waals surface area contributed by atoms with Crippen LogP contribution in [0.15, 0.2) is 29.1 Å². The van der Waals surface area contributed by atoms with Crippen LogP contribution in [0.5, 0.6) is 5.75 Å². The minimum Gasteiger partial charge on any atom is -0.492 e. The van der Waals surface area contributed by atoms with Gasteiger partial charge in [0.2, 0.25) is 0 Å². The number of benzene rings is 1. The maximum absolute atomic E-state index is 12.1. The fraction of sp³-hybridized carbons (Fsp3) is 0.467. The first-order valence-corrected chi connectivity index (χ1v) is 7.36. The van der Waals surface area contributed by atoms with E-state index in [1.807, 2.05) is 24.3 Å². The van der Waals surface area contributed by atoms with E-state index in [2.05, 4.69) is 5.10 Å². The van der Waals surface area contributed by atoms with Crippen molar-refractivity contribution in [1.82, 2.24) is 14.3 Å². The van der Waals surface area contributed by atoms with E-state index in [9.17, 15) is 4.79 Å². The first-order valence-electron chi connectivity index (χ1n) is 7.36. The van der Waals surface area contributed by atoms with Crippen LogP contribution in [0.2, 0.25) is 0 Å². The SMILES string of the molecule is NCc1cccc(OCCn2nc3n(c2=O)CCCC3)c1. The van der Waals surface area contributed by atoms with Crippen molar-refractivity contribution in [3.8, 4) is 5.75 Å². The van der Waals surface area contributed by atoms with Crippen LogP contribution in [0.3, 0.4) is 0 Å². The molecule has 0 fully saturated rings. The van der Waals surface area contributed by atoms with Gasteiger partial charge in [0.25, 0.3) is 0 Å². The maximum Gasteiger partial charge on any atom is 0.346 e. The van der Waals surface area contributed by atoms with Gasteiger partial charge in [-0.3, -0.25) is 4.57 Å². The van der Waals surface area contributed by atoms with E-state index in [4.69, 9.17) is 10.5 Å². The number of hydrogen-bond acceptors (Lipinski definition) is 4. The summed E-state index contributed by atoms with van der Waals surface area (Å²) in [6.07, 6.45) is 3.06.